The molecule has 0 amide bonds. The molecule has 0 fully saturated rings. The molecular formula is C19H32O2. The molecule has 0 unspecified atom stereocenters. The van der Waals surface area contributed by atoms with Gasteiger partial charge in [0, 0.05) is 0 Å². The molecule has 120 valence electrons. The van der Waals surface area contributed by atoms with E-state index in [2.05, 4.69) is 13.8 Å². The van der Waals surface area contributed by atoms with Gasteiger partial charge < -0.3 is 0 Å². The molecule has 21 heavy (non-hydrogen) atoms. The second-order valence-corrected chi connectivity index (χ2v) is 6.61. The maximum atomic E-state index is 12.7. The van der Waals surface area contributed by atoms with E-state index in [4.69, 9.17) is 0 Å². The van der Waals surface area contributed by atoms with Crippen molar-refractivity contribution in [3.05, 3.63) is 11.1 Å². The first-order valence-electron chi connectivity index (χ1n) is 8.78. The summed E-state index contributed by atoms with van der Waals surface area (Å²) in [6, 6.07) is 0. The Kier molecular flexibility index (Phi) is 7.34. The number of allylic oxidation sites excluding steroid dienone is 2. The number of carbonyl (C=O) groups excluding carboxylic acids is 2. The molecule has 2 nitrogen and oxygen atoms in total. The average Bonchev–Trinajstić information content (AvgIpc) is 2.64. The predicted octanol–water partition coefficient (Wildman–Crippen LogP) is 5.40. The highest BCUT2D eigenvalue weighted by Crippen LogP contribution is 2.43. The molecule has 0 aromatic heterocycles. The van der Waals surface area contributed by atoms with Gasteiger partial charge in [-0.15, -0.1) is 0 Å². The molecule has 1 aliphatic rings. The summed E-state index contributed by atoms with van der Waals surface area (Å²) in [7, 11) is 0. The molecule has 0 radical (unpaired) electrons. The van der Waals surface area contributed by atoms with Crippen LogP contribution < -0.4 is 0 Å². The molecule has 0 atom stereocenters. The zero-order chi connectivity index (χ0) is 15.9. The Balaban J connectivity index is 2.76. The minimum Gasteiger partial charge on any atom is -0.293 e. The lowest BCUT2D eigenvalue weighted by Gasteiger charge is -2.27. The van der Waals surface area contributed by atoms with E-state index in [1.54, 1.807) is 0 Å². The average molecular weight is 292 g/mol. The number of ketones is 2. The van der Waals surface area contributed by atoms with Crippen molar-refractivity contribution < 1.29 is 9.59 Å². The van der Waals surface area contributed by atoms with Gasteiger partial charge in [-0.2, -0.15) is 0 Å². The van der Waals surface area contributed by atoms with Crippen molar-refractivity contribution in [2.45, 2.75) is 91.9 Å². The van der Waals surface area contributed by atoms with E-state index in [-0.39, 0.29) is 11.6 Å². The summed E-state index contributed by atoms with van der Waals surface area (Å²) in [5, 5.41) is 0. The molecule has 1 rings (SSSR count). The van der Waals surface area contributed by atoms with Crippen LogP contribution in [0.4, 0.5) is 0 Å². The van der Waals surface area contributed by atoms with E-state index in [1.165, 1.54) is 25.7 Å². The third-order valence-electron chi connectivity index (χ3n) is 5.03. The molecule has 1 aliphatic carbocycles. The zero-order valence-corrected chi connectivity index (χ0v) is 14.4. The van der Waals surface area contributed by atoms with Crippen LogP contribution in [-0.4, -0.2) is 11.6 Å². The Bertz CT molecular complexity index is 366. The maximum absolute atomic E-state index is 12.7. The number of Topliss-reactive ketones (excluding diaryl/α,β-unsaturated/α-hetero) is 2. The van der Waals surface area contributed by atoms with Gasteiger partial charge in [0.1, 0.15) is 0 Å². The van der Waals surface area contributed by atoms with Crippen LogP contribution in [0.5, 0.6) is 0 Å². The number of hydrogen-bond acceptors (Lipinski definition) is 2. The van der Waals surface area contributed by atoms with E-state index < -0.39 is 5.41 Å². The second kappa shape index (κ2) is 8.51. The zero-order valence-electron chi connectivity index (χ0n) is 14.4. The van der Waals surface area contributed by atoms with Gasteiger partial charge in [0.15, 0.2) is 11.6 Å². The minimum absolute atomic E-state index is 0.123. The van der Waals surface area contributed by atoms with Gasteiger partial charge >= 0.3 is 0 Å². The predicted molar refractivity (Wildman–Crippen MR) is 88.3 cm³/mol. The lowest BCUT2D eigenvalue weighted by molar-refractivity contribution is -0.135. The first kappa shape index (κ1) is 18.1. The van der Waals surface area contributed by atoms with E-state index in [1.807, 2.05) is 13.8 Å². The lowest BCUT2D eigenvalue weighted by atomic mass is 9.73. The Morgan fingerprint density at radius 1 is 0.667 bits per heavy atom. The number of carbonyl (C=O) groups is 2. The van der Waals surface area contributed by atoms with Crippen LogP contribution in [-0.2, 0) is 9.59 Å². The molecule has 0 spiro atoms. The summed E-state index contributed by atoms with van der Waals surface area (Å²) in [4.78, 5) is 25.4. The summed E-state index contributed by atoms with van der Waals surface area (Å²) in [5.74, 6) is 0.246. The number of unbranched alkanes of at least 4 members (excludes halogenated alkanes) is 6. The fourth-order valence-corrected chi connectivity index (χ4v) is 3.45. The highest BCUT2D eigenvalue weighted by Gasteiger charge is 2.50. The minimum atomic E-state index is -0.699. The largest absolute Gasteiger partial charge is 0.293 e. The first-order chi connectivity index (χ1) is 10.0. The van der Waals surface area contributed by atoms with Crippen LogP contribution in [0.2, 0.25) is 0 Å². The summed E-state index contributed by atoms with van der Waals surface area (Å²) in [6.07, 6.45) is 10.5. The van der Waals surface area contributed by atoms with Gasteiger partial charge in [-0.05, 0) is 37.8 Å². The van der Waals surface area contributed by atoms with Gasteiger partial charge in [-0.25, -0.2) is 0 Å². The molecule has 0 N–H and O–H groups in total. The summed E-state index contributed by atoms with van der Waals surface area (Å²) in [6.45, 7) is 8.02. The van der Waals surface area contributed by atoms with Gasteiger partial charge in [-0.1, -0.05) is 65.2 Å². The molecule has 0 saturated carbocycles. The van der Waals surface area contributed by atoms with Gasteiger partial charge in [0.05, 0.1) is 5.41 Å². The van der Waals surface area contributed by atoms with Crippen molar-refractivity contribution in [1.29, 1.82) is 0 Å². The van der Waals surface area contributed by atoms with E-state index in [0.29, 0.717) is 11.1 Å². The first-order valence-corrected chi connectivity index (χ1v) is 8.78. The normalized spacial score (nSPS) is 17.9. The van der Waals surface area contributed by atoms with Crippen LogP contribution in [0.15, 0.2) is 11.1 Å². The smallest absolute Gasteiger partial charge is 0.172 e. The third-order valence-corrected chi connectivity index (χ3v) is 5.03. The van der Waals surface area contributed by atoms with Gasteiger partial charge in [-0.3, -0.25) is 9.59 Å². The fraction of sp³-hybridized carbons (Fsp3) is 0.789. The van der Waals surface area contributed by atoms with Gasteiger partial charge in [0.2, 0.25) is 0 Å². The number of rotatable bonds is 10. The van der Waals surface area contributed by atoms with Crippen molar-refractivity contribution in [1.82, 2.24) is 0 Å². The van der Waals surface area contributed by atoms with E-state index in [0.717, 1.165) is 38.5 Å². The Hall–Kier alpha value is -0.920. The topological polar surface area (TPSA) is 34.1 Å². The Labute approximate surface area is 130 Å². The van der Waals surface area contributed by atoms with Gasteiger partial charge in [0.25, 0.3) is 0 Å². The van der Waals surface area contributed by atoms with Crippen LogP contribution >= 0.6 is 0 Å². The van der Waals surface area contributed by atoms with Crippen molar-refractivity contribution in [2.75, 3.05) is 0 Å². The molecule has 0 bridgehead atoms. The van der Waals surface area contributed by atoms with Crippen molar-refractivity contribution >= 4 is 11.6 Å². The molecule has 0 saturated heterocycles. The third kappa shape index (κ3) is 4.05. The number of hydrogen-bond donors (Lipinski definition) is 0. The molecule has 0 aromatic carbocycles. The SMILES string of the molecule is CCCCCCC1(CCCCCC)C(=O)C(C)=C(C)C1=O. The van der Waals surface area contributed by atoms with Crippen LogP contribution in [0.1, 0.15) is 91.9 Å². The molecular weight excluding hydrogens is 260 g/mol. The van der Waals surface area contributed by atoms with E-state index >= 15 is 0 Å². The second-order valence-electron chi connectivity index (χ2n) is 6.61. The lowest BCUT2D eigenvalue weighted by Crippen LogP contribution is -2.35. The van der Waals surface area contributed by atoms with Crippen LogP contribution in [0.3, 0.4) is 0 Å². The Morgan fingerprint density at radius 3 is 1.38 bits per heavy atom. The molecule has 0 aromatic rings. The van der Waals surface area contributed by atoms with E-state index in [9.17, 15) is 9.59 Å². The molecule has 2 heteroatoms. The highest BCUT2D eigenvalue weighted by molar-refractivity contribution is 6.27. The van der Waals surface area contributed by atoms with Crippen molar-refractivity contribution in [3.63, 3.8) is 0 Å². The summed E-state index contributed by atoms with van der Waals surface area (Å²) >= 11 is 0. The summed E-state index contributed by atoms with van der Waals surface area (Å²) in [5.41, 5.74) is 0.729. The molecule has 0 aliphatic heterocycles. The molecule has 0 heterocycles. The highest BCUT2D eigenvalue weighted by atomic mass is 16.2. The van der Waals surface area contributed by atoms with Crippen LogP contribution in [0.25, 0.3) is 0 Å². The van der Waals surface area contributed by atoms with Crippen molar-refractivity contribution in [3.8, 4) is 0 Å². The Morgan fingerprint density at radius 2 is 1.05 bits per heavy atom. The quantitative estimate of drug-likeness (QED) is 0.399. The van der Waals surface area contributed by atoms with Crippen LogP contribution in [0, 0.1) is 5.41 Å². The monoisotopic (exact) mass is 292 g/mol. The summed E-state index contributed by atoms with van der Waals surface area (Å²) < 4.78 is 0. The fourth-order valence-electron chi connectivity index (χ4n) is 3.45. The maximum Gasteiger partial charge on any atom is 0.172 e. The van der Waals surface area contributed by atoms with Crippen molar-refractivity contribution in [2.24, 2.45) is 5.41 Å². The standard InChI is InChI=1S/C19H32O2/c1-5-7-9-11-13-19(14-12-10-8-6-2)17(20)15(3)16(4)18(19)21/h5-14H2,1-4H3.